The van der Waals surface area contributed by atoms with Crippen LogP contribution in [0.1, 0.15) is 63.9 Å². The van der Waals surface area contributed by atoms with Crippen LogP contribution in [-0.4, -0.2) is 17.2 Å². The number of aliphatic carboxylic acids is 1. The first-order valence-electron chi connectivity index (χ1n) is 10.1. The smallest absolute Gasteiger partial charge is 0.344 e. The van der Waals surface area contributed by atoms with Gasteiger partial charge in [-0.2, -0.15) is 5.26 Å². The van der Waals surface area contributed by atoms with Gasteiger partial charge in [0.2, 0.25) is 0 Å². The van der Waals surface area contributed by atoms with Crippen LogP contribution in [0.25, 0.3) is 11.1 Å². The van der Waals surface area contributed by atoms with Gasteiger partial charge in [0.25, 0.3) is 0 Å². The Morgan fingerprint density at radius 2 is 1.46 bits per heavy atom. The highest BCUT2D eigenvalue weighted by Crippen LogP contribution is 2.24. The first kappa shape index (κ1) is 21.5. The maximum Gasteiger partial charge on any atom is 0.344 e. The molecule has 0 aliphatic carbocycles. The molecule has 0 heterocycles. The zero-order valence-electron chi connectivity index (χ0n) is 16.6. The second-order valence-electron chi connectivity index (χ2n) is 7.07. The van der Waals surface area contributed by atoms with E-state index in [4.69, 9.17) is 10.00 Å². The van der Waals surface area contributed by atoms with E-state index in [2.05, 4.69) is 13.0 Å². The van der Waals surface area contributed by atoms with E-state index in [1.165, 1.54) is 25.7 Å². The molecule has 0 spiro atoms. The zero-order chi connectivity index (χ0) is 20.2. The summed E-state index contributed by atoms with van der Waals surface area (Å²) in [6.45, 7) is 2.20. The number of carboxylic acids is 1. The van der Waals surface area contributed by atoms with Crippen molar-refractivity contribution in [1.29, 1.82) is 5.26 Å². The lowest BCUT2D eigenvalue weighted by Crippen LogP contribution is -2.26. The third-order valence-electron chi connectivity index (χ3n) is 4.83. The lowest BCUT2D eigenvalue weighted by atomic mass is 10.0. The Morgan fingerprint density at radius 1 is 0.929 bits per heavy atom. The topological polar surface area (TPSA) is 70.3 Å². The van der Waals surface area contributed by atoms with E-state index in [0.29, 0.717) is 17.7 Å². The summed E-state index contributed by atoms with van der Waals surface area (Å²) in [6.07, 6.45) is 7.80. The Kier molecular flexibility index (Phi) is 9.07. The lowest BCUT2D eigenvalue weighted by molar-refractivity contribution is -0.145. The number of carbonyl (C=O) groups is 1. The van der Waals surface area contributed by atoms with Crippen molar-refractivity contribution in [3.63, 3.8) is 0 Å². The highest BCUT2D eigenvalue weighted by molar-refractivity contribution is 5.73. The second kappa shape index (κ2) is 11.8. The maximum atomic E-state index is 11.5. The molecule has 1 unspecified atom stereocenters. The number of rotatable bonds is 12. The summed E-state index contributed by atoms with van der Waals surface area (Å²) in [5.74, 6) is -0.352. The van der Waals surface area contributed by atoms with Crippen molar-refractivity contribution >= 4 is 5.97 Å². The number of nitriles is 1. The molecule has 2 aromatic rings. The van der Waals surface area contributed by atoms with Crippen molar-refractivity contribution in [1.82, 2.24) is 0 Å². The van der Waals surface area contributed by atoms with Gasteiger partial charge < -0.3 is 9.84 Å². The van der Waals surface area contributed by atoms with Crippen molar-refractivity contribution in [3.05, 3.63) is 54.1 Å². The third-order valence-corrected chi connectivity index (χ3v) is 4.83. The summed E-state index contributed by atoms with van der Waals surface area (Å²) in [5, 5.41) is 18.3. The number of benzene rings is 2. The normalized spacial score (nSPS) is 11.6. The number of ether oxygens (including phenoxy) is 1. The minimum absolute atomic E-state index is 0.528. The van der Waals surface area contributed by atoms with E-state index in [-0.39, 0.29) is 0 Å². The predicted octanol–water partition coefficient (Wildman–Crippen LogP) is 6.20. The Balaban J connectivity index is 1.85. The highest BCUT2D eigenvalue weighted by atomic mass is 16.5. The molecule has 0 aliphatic heterocycles. The molecule has 0 bridgehead atoms. The van der Waals surface area contributed by atoms with Crippen LogP contribution in [0.4, 0.5) is 0 Å². The van der Waals surface area contributed by atoms with Crippen molar-refractivity contribution in [3.8, 4) is 22.9 Å². The van der Waals surface area contributed by atoms with Gasteiger partial charge in [0.1, 0.15) is 5.75 Å². The van der Waals surface area contributed by atoms with E-state index in [1.54, 1.807) is 24.3 Å². The van der Waals surface area contributed by atoms with E-state index < -0.39 is 12.1 Å². The van der Waals surface area contributed by atoms with Crippen molar-refractivity contribution in [2.75, 3.05) is 0 Å². The van der Waals surface area contributed by atoms with Crippen LogP contribution in [0.2, 0.25) is 0 Å². The Bertz CT molecular complexity index is 760. The van der Waals surface area contributed by atoms with Gasteiger partial charge in [-0.15, -0.1) is 0 Å². The third kappa shape index (κ3) is 7.08. The molecule has 4 heteroatoms. The van der Waals surface area contributed by atoms with Crippen molar-refractivity contribution < 1.29 is 14.6 Å². The molecule has 0 aromatic heterocycles. The Hall–Kier alpha value is -2.80. The molecule has 1 N–H and O–H groups in total. The molecule has 0 amide bonds. The molecule has 148 valence electrons. The summed E-state index contributed by atoms with van der Waals surface area (Å²) in [7, 11) is 0. The SMILES string of the molecule is CCCCCCCCCC(Oc1ccc(-c2ccc(C#N)cc2)cc1)C(=O)O. The minimum Gasteiger partial charge on any atom is -0.479 e. The van der Waals surface area contributed by atoms with E-state index >= 15 is 0 Å². The summed E-state index contributed by atoms with van der Waals surface area (Å²) in [4.78, 5) is 11.5. The molecule has 0 saturated heterocycles. The molecule has 2 rings (SSSR count). The monoisotopic (exact) mass is 379 g/mol. The molecule has 2 aromatic carbocycles. The van der Waals surface area contributed by atoms with Gasteiger partial charge in [-0.25, -0.2) is 4.79 Å². The first-order valence-corrected chi connectivity index (χ1v) is 10.1. The highest BCUT2D eigenvalue weighted by Gasteiger charge is 2.18. The fourth-order valence-electron chi connectivity index (χ4n) is 3.15. The van der Waals surface area contributed by atoms with Gasteiger partial charge in [0.15, 0.2) is 6.10 Å². The molecular weight excluding hydrogens is 350 g/mol. The van der Waals surface area contributed by atoms with Gasteiger partial charge in [0.05, 0.1) is 11.6 Å². The van der Waals surface area contributed by atoms with Gasteiger partial charge in [0, 0.05) is 0 Å². The molecule has 0 fully saturated rings. The number of nitrogens with zero attached hydrogens (tertiary/aromatic N) is 1. The molecule has 4 nitrogen and oxygen atoms in total. The fourth-order valence-corrected chi connectivity index (χ4v) is 3.15. The summed E-state index contributed by atoms with van der Waals surface area (Å²) in [6, 6.07) is 16.9. The number of unbranched alkanes of at least 4 members (excludes halogenated alkanes) is 6. The fraction of sp³-hybridized carbons (Fsp3) is 0.417. The van der Waals surface area contributed by atoms with Gasteiger partial charge in [-0.3, -0.25) is 0 Å². The Labute approximate surface area is 167 Å². The van der Waals surface area contributed by atoms with Crippen LogP contribution in [0, 0.1) is 11.3 Å². The van der Waals surface area contributed by atoms with E-state index in [9.17, 15) is 9.90 Å². The standard InChI is InChI=1S/C24H29NO3/c1-2-3-4-5-6-7-8-9-23(24(26)27)28-22-16-14-21(15-17-22)20-12-10-19(18-25)11-13-20/h10-17,23H,2-9H2,1H3,(H,26,27). The maximum absolute atomic E-state index is 11.5. The predicted molar refractivity (Wildman–Crippen MR) is 111 cm³/mol. The van der Waals surface area contributed by atoms with Crippen LogP contribution in [0.15, 0.2) is 48.5 Å². The van der Waals surface area contributed by atoms with Crippen LogP contribution in [-0.2, 0) is 4.79 Å². The molecule has 0 saturated carbocycles. The van der Waals surface area contributed by atoms with Crippen LogP contribution in [0.3, 0.4) is 0 Å². The summed E-state index contributed by atoms with van der Waals surface area (Å²) < 4.78 is 5.71. The summed E-state index contributed by atoms with van der Waals surface area (Å²) in [5.41, 5.74) is 2.62. The van der Waals surface area contributed by atoms with Gasteiger partial charge >= 0.3 is 5.97 Å². The van der Waals surface area contributed by atoms with Crippen LogP contribution < -0.4 is 4.74 Å². The van der Waals surface area contributed by atoms with Gasteiger partial charge in [-0.05, 0) is 48.2 Å². The molecule has 28 heavy (non-hydrogen) atoms. The van der Waals surface area contributed by atoms with Crippen molar-refractivity contribution in [2.45, 2.75) is 64.4 Å². The average molecular weight is 380 g/mol. The number of carboxylic acid groups (broad SMARTS) is 1. The number of hydrogen-bond acceptors (Lipinski definition) is 3. The van der Waals surface area contributed by atoms with Crippen molar-refractivity contribution in [2.24, 2.45) is 0 Å². The van der Waals surface area contributed by atoms with Gasteiger partial charge in [-0.1, -0.05) is 69.7 Å². The molecule has 0 radical (unpaired) electrons. The lowest BCUT2D eigenvalue weighted by Gasteiger charge is -2.15. The van der Waals surface area contributed by atoms with Crippen LogP contribution in [0.5, 0.6) is 5.75 Å². The van der Waals surface area contributed by atoms with E-state index in [0.717, 1.165) is 30.4 Å². The quantitative estimate of drug-likeness (QED) is 0.446. The molecule has 1 atom stereocenters. The van der Waals surface area contributed by atoms with Crippen LogP contribution >= 0.6 is 0 Å². The second-order valence-corrected chi connectivity index (χ2v) is 7.07. The average Bonchev–Trinajstić information content (AvgIpc) is 2.72. The van der Waals surface area contributed by atoms with E-state index in [1.807, 2.05) is 24.3 Å². The molecular formula is C24H29NO3. The first-order chi connectivity index (χ1) is 13.6. The minimum atomic E-state index is -0.915. The zero-order valence-corrected chi connectivity index (χ0v) is 16.6. The largest absolute Gasteiger partial charge is 0.479 e. The summed E-state index contributed by atoms with van der Waals surface area (Å²) >= 11 is 0. The number of hydrogen-bond donors (Lipinski definition) is 1. The molecule has 0 aliphatic rings. The Morgan fingerprint density at radius 3 is 2.00 bits per heavy atom.